The minimum Gasteiger partial charge on any atom is -0.353 e. The first-order valence-corrected chi connectivity index (χ1v) is 10.1. The molecule has 2 amide bonds. The first-order chi connectivity index (χ1) is 14.7. The third-order valence-electron chi connectivity index (χ3n) is 5.15. The van der Waals surface area contributed by atoms with Gasteiger partial charge in [-0.1, -0.05) is 48.5 Å². The zero-order valence-corrected chi connectivity index (χ0v) is 16.7. The van der Waals surface area contributed by atoms with Gasteiger partial charge in [0.1, 0.15) is 5.82 Å². The topological polar surface area (TPSA) is 65.5 Å². The maximum absolute atomic E-state index is 12.6. The Labute approximate surface area is 176 Å². The summed E-state index contributed by atoms with van der Waals surface area (Å²) in [5, 5.41) is 2.89. The van der Waals surface area contributed by atoms with Crippen molar-refractivity contribution in [2.75, 3.05) is 36.4 Å². The number of anilines is 2. The Kier molecular flexibility index (Phi) is 6.03. The van der Waals surface area contributed by atoms with Crippen molar-refractivity contribution >= 4 is 23.3 Å². The van der Waals surface area contributed by atoms with Crippen LogP contribution in [-0.4, -0.2) is 47.9 Å². The van der Waals surface area contributed by atoms with E-state index in [-0.39, 0.29) is 11.8 Å². The van der Waals surface area contributed by atoms with E-state index in [2.05, 4.69) is 15.2 Å². The molecule has 1 N–H and O–H groups in total. The van der Waals surface area contributed by atoms with Gasteiger partial charge in [-0.3, -0.25) is 9.59 Å². The van der Waals surface area contributed by atoms with Gasteiger partial charge in [0.05, 0.1) is 18.3 Å². The largest absolute Gasteiger partial charge is 0.353 e. The van der Waals surface area contributed by atoms with Crippen molar-refractivity contribution in [3.05, 3.63) is 90.1 Å². The minimum atomic E-state index is -0.0659. The number of carbonyl (C=O) groups is 2. The smallest absolute Gasteiger partial charge is 0.253 e. The van der Waals surface area contributed by atoms with Gasteiger partial charge in [0.25, 0.3) is 5.91 Å². The van der Waals surface area contributed by atoms with E-state index in [1.165, 1.54) is 0 Å². The fraction of sp³-hybridized carbons (Fsp3) is 0.208. The molecule has 1 aromatic heterocycles. The third-order valence-corrected chi connectivity index (χ3v) is 5.15. The molecule has 0 bridgehead atoms. The monoisotopic (exact) mass is 400 g/mol. The summed E-state index contributed by atoms with van der Waals surface area (Å²) in [5.41, 5.74) is 2.37. The molecule has 1 aliphatic heterocycles. The highest BCUT2D eigenvalue weighted by atomic mass is 16.2. The van der Waals surface area contributed by atoms with Gasteiger partial charge in [0, 0.05) is 31.7 Å². The Balaban J connectivity index is 1.29. The SMILES string of the molecule is O=C(Cc1ccccc1)Nc1ccc(N2CCN(C(=O)c3ccccc3)CC2)nc1. The van der Waals surface area contributed by atoms with Gasteiger partial charge in [-0.25, -0.2) is 4.98 Å². The van der Waals surface area contributed by atoms with Crippen LogP contribution in [0.2, 0.25) is 0 Å². The van der Waals surface area contributed by atoms with E-state index in [1.54, 1.807) is 6.20 Å². The molecular weight excluding hydrogens is 376 g/mol. The standard InChI is InChI=1S/C24H24N4O2/c29-23(17-19-7-3-1-4-8-19)26-21-11-12-22(25-18-21)27-13-15-28(16-14-27)24(30)20-9-5-2-6-10-20/h1-12,18H,13-17H2,(H,26,29). The molecule has 1 fully saturated rings. The van der Waals surface area contributed by atoms with Gasteiger partial charge in [-0.05, 0) is 29.8 Å². The lowest BCUT2D eigenvalue weighted by Crippen LogP contribution is -2.49. The van der Waals surface area contributed by atoms with Crippen molar-refractivity contribution < 1.29 is 9.59 Å². The van der Waals surface area contributed by atoms with E-state index >= 15 is 0 Å². The molecule has 3 aromatic rings. The number of carbonyl (C=O) groups excluding carboxylic acids is 2. The van der Waals surface area contributed by atoms with Crippen LogP contribution in [0, 0.1) is 0 Å². The van der Waals surface area contributed by atoms with E-state index in [9.17, 15) is 9.59 Å². The number of pyridine rings is 1. The Bertz CT molecular complexity index is 983. The van der Waals surface area contributed by atoms with Crippen molar-refractivity contribution in [1.82, 2.24) is 9.88 Å². The van der Waals surface area contributed by atoms with Gasteiger partial charge in [0.2, 0.25) is 5.91 Å². The van der Waals surface area contributed by atoms with E-state index in [1.807, 2.05) is 77.7 Å². The quantitative estimate of drug-likeness (QED) is 0.714. The molecule has 4 rings (SSSR count). The summed E-state index contributed by atoms with van der Waals surface area (Å²) >= 11 is 0. The van der Waals surface area contributed by atoms with Crippen molar-refractivity contribution in [3.63, 3.8) is 0 Å². The number of rotatable bonds is 5. The maximum Gasteiger partial charge on any atom is 0.253 e. The molecule has 0 spiro atoms. The second-order valence-electron chi connectivity index (χ2n) is 7.26. The average Bonchev–Trinajstić information content (AvgIpc) is 2.80. The van der Waals surface area contributed by atoms with Crippen LogP contribution in [0.25, 0.3) is 0 Å². The Morgan fingerprint density at radius 3 is 2.13 bits per heavy atom. The fourth-order valence-corrected chi connectivity index (χ4v) is 3.54. The number of hydrogen-bond acceptors (Lipinski definition) is 4. The maximum atomic E-state index is 12.6. The van der Waals surface area contributed by atoms with Crippen LogP contribution in [0.1, 0.15) is 15.9 Å². The fourth-order valence-electron chi connectivity index (χ4n) is 3.54. The molecular formula is C24H24N4O2. The Morgan fingerprint density at radius 1 is 0.833 bits per heavy atom. The van der Waals surface area contributed by atoms with E-state index in [0.29, 0.717) is 25.2 Å². The normalized spacial score (nSPS) is 13.7. The summed E-state index contributed by atoms with van der Waals surface area (Å²) in [4.78, 5) is 33.3. The highest BCUT2D eigenvalue weighted by Gasteiger charge is 2.22. The first kappa shape index (κ1) is 19.6. The highest BCUT2D eigenvalue weighted by molar-refractivity contribution is 5.94. The number of benzene rings is 2. The molecule has 0 radical (unpaired) electrons. The van der Waals surface area contributed by atoms with Crippen LogP contribution in [-0.2, 0) is 11.2 Å². The summed E-state index contributed by atoms with van der Waals surface area (Å²) < 4.78 is 0. The molecule has 152 valence electrons. The second-order valence-corrected chi connectivity index (χ2v) is 7.26. The molecule has 0 atom stereocenters. The number of nitrogens with one attached hydrogen (secondary N) is 1. The van der Waals surface area contributed by atoms with Crippen LogP contribution in [0.5, 0.6) is 0 Å². The van der Waals surface area contributed by atoms with E-state index < -0.39 is 0 Å². The van der Waals surface area contributed by atoms with Crippen molar-refractivity contribution in [2.24, 2.45) is 0 Å². The number of nitrogens with zero attached hydrogens (tertiary/aromatic N) is 3. The van der Waals surface area contributed by atoms with Crippen LogP contribution < -0.4 is 10.2 Å². The average molecular weight is 400 g/mol. The number of amides is 2. The predicted molar refractivity (Wildman–Crippen MR) is 118 cm³/mol. The molecule has 0 aliphatic carbocycles. The van der Waals surface area contributed by atoms with Crippen molar-refractivity contribution in [3.8, 4) is 0 Å². The lowest BCUT2D eigenvalue weighted by atomic mass is 10.1. The molecule has 0 saturated carbocycles. The van der Waals surface area contributed by atoms with Gasteiger partial charge in [-0.2, -0.15) is 0 Å². The Morgan fingerprint density at radius 2 is 1.50 bits per heavy atom. The summed E-state index contributed by atoms with van der Waals surface area (Å²) in [6.07, 6.45) is 2.01. The van der Waals surface area contributed by atoms with Crippen LogP contribution in [0.15, 0.2) is 79.0 Å². The lowest BCUT2D eigenvalue weighted by molar-refractivity contribution is -0.115. The third kappa shape index (κ3) is 4.84. The number of aromatic nitrogens is 1. The molecule has 2 aromatic carbocycles. The first-order valence-electron chi connectivity index (χ1n) is 10.1. The number of hydrogen-bond donors (Lipinski definition) is 1. The molecule has 0 unspecified atom stereocenters. The zero-order chi connectivity index (χ0) is 20.8. The summed E-state index contributed by atoms with van der Waals surface area (Å²) in [7, 11) is 0. The number of piperazine rings is 1. The summed E-state index contributed by atoms with van der Waals surface area (Å²) in [6, 6.07) is 22.8. The lowest BCUT2D eigenvalue weighted by Gasteiger charge is -2.35. The van der Waals surface area contributed by atoms with Gasteiger partial charge >= 0.3 is 0 Å². The van der Waals surface area contributed by atoms with E-state index in [4.69, 9.17) is 0 Å². The molecule has 6 nitrogen and oxygen atoms in total. The highest BCUT2D eigenvalue weighted by Crippen LogP contribution is 2.17. The Hall–Kier alpha value is -3.67. The minimum absolute atomic E-state index is 0.0659. The molecule has 2 heterocycles. The van der Waals surface area contributed by atoms with Crippen LogP contribution >= 0.6 is 0 Å². The molecule has 6 heteroatoms. The predicted octanol–water partition coefficient (Wildman–Crippen LogP) is 3.23. The van der Waals surface area contributed by atoms with Gasteiger partial charge in [0.15, 0.2) is 0 Å². The molecule has 1 saturated heterocycles. The zero-order valence-electron chi connectivity index (χ0n) is 16.7. The molecule has 30 heavy (non-hydrogen) atoms. The van der Waals surface area contributed by atoms with E-state index in [0.717, 1.165) is 30.0 Å². The molecule has 1 aliphatic rings. The van der Waals surface area contributed by atoms with Crippen LogP contribution in [0.3, 0.4) is 0 Å². The summed E-state index contributed by atoms with van der Waals surface area (Å²) in [6.45, 7) is 2.77. The van der Waals surface area contributed by atoms with Gasteiger partial charge in [-0.15, -0.1) is 0 Å². The van der Waals surface area contributed by atoms with Gasteiger partial charge < -0.3 is 15.1 Å². The second kappa shape index (κ2) is 9.22. The van der Waals surface area contributed by atoms with Crippen molar-refractivity contribution in [1.29, 1.82) is 0 Å². The summed E-state index contributed by atoms with van der Waals surface area (Å²) in [5.74, 6) is 0.853. The van der Waals surface area contributed by atoms with Crippen LogP contribution in [0.4, 0.5) is 11.5 Å². The van der Waals surface area contributed by atoms with Crippen molar-refractivity contribution in [2.45, 2.75) is 6.42 Å².